The van der Waals surface area contributed by atoms with Crippen molar-refractivity contribution in [1.82, 2.24) is 0 Å². The Morgan fingerprint density at radius 3 is 3.13 bits per heavy atom. The molecule has 2 aliphatic rings. The lowest BCUT2D eigenvalue weighted by molar-refractivity contribution is 0.720. The molecule has 2 heterocycles. The molecule has 0 radical (unpaired) electrons. The van der Waals surface area contributed by atoms with Crippen LogP contribution in [0, 0.1) is 0 Å². The fourth-order valence-corrected chi connectivity index (χ4v) is 2.89. The fourth-order valence-electron chi connectivity index (χ4n) is 1.66. The van der Waals surface area contributed by atoms with Gasteiger partial charge in [0.15, 0.2) is 0 Å². The van der Waals surface area contributed by atoms with Crippen molar-refractivity contribution in [2.45, 2.75) is 32.7 Å². The lowest BCUT2D eigenvalue weighted by atomic mass is 10.1. The lowest BCUT2D eigenvalue weighted by Gasteiger charge is -2.18. The quantitative estimate of drug-likeness (QED) is 0.666. The third-order valence-corrected chi connectivity index (χ3v) is 3.59. The third-order valence-electron chi connectivity index (χ3n) is 2.51. The van der Waals surface area contributed by atoms with Crippen LogP contribution in [-0.4, -0.2) is 22.6 Å². The Kier molecular flexibility index (Phi) is 3.41. The van der Waals surface area contributed by atoms with E-state index in [0.717, 1.165) is 12.1 Å². The van der Waals surface area contributed by atoms with Gasteiger partial charge in [-0.05, 0) is 31.9 Å². The second kappa shape index (κ2) is 4.79. The molecule has 0 aromatic rings. The van der Waals surface area contributed by atoms with E-state index < -0.39 is 0 Å². The number of aliphatic imine (C=N–C) groups is 2. The average molecular weight is 220 g/mol. The van der Waals surface area contributed by atoms with Crippen molar-refractivity contribution in [1.29, 1.82) is 0 Å². The molecule has 0 fully saturated rings. The maximum atomic E-state index is 4.70. The molecule has 2 nitrogen and oxygen atoms in total. The van der Waals surface area contributed by atoms with Crippen molar-refractivity contribution >= 4 is 22.5 Å². The van der Waals surface area contributed by atoms with Crippen LogP contribution in [0.3, 0.4) is 0 Å². The van der Waals surface area contributed by atoms with Gasteiger partial charge in [0.2, 0.25) is 0 Å². The van der Waals surface area contributed by atoms with Crippen molar-refractivity contribution in [2.75, 3.05) is 5.75 Å². The monoisotopic (exact) mass is 220 g/mol. The Hall–Kier alpha value is -0.830. The summed E-state index contributed by atoms with van der Waals surface area (Å²) in [5.41, 5.74) is 2.48. The molecule has 15 heavy (non-hydrogen) atoms. The number of allylic oxidation sites excluding steroid dienone is 2. The second-order valence-corrected chi connectivity index (χ2v) is 5.08. The van der Waals surface area contributed by atoms with Crippen LogP contribution < -0.4 is 0 Å². The largest absolute Gasteiger partial charge is 0.275 e. The molecule has 0 spiro atoms. The van der Waals surface area contributed by atoms with E-state index in [9.17, 15) is 0 Å². The molecule has 0 saturated heterocycles. The number of hydrogen-bond acceptors (Lipinski definition) is 3. The summed E-state index contributed by atoms with van der Waals surface area (Å²) in [6.45, 7) is 4.26. The van der Waals surface area contributed by atoms with Gasteiger partial charge in [-0.25, -0.2) is 0 Å². The van der Waals surface area contributed by atoms with Crippen LogP contribution in [-0.2, 0) is 0 Å². The van der Waals surface area contributed by atoms with Gasteiger partial charge in [0.25, 0.3) is 0 Å². The molecule has 3 heteroatoms. The second-order valence-electron chi connectivity index (χ2n) is 3.99. The molecule has 2 aliphatic heterocycles. The van der Waals surface area contributed by atoms with Crippen molar-refractivity contribution in [2.24, 2.45) is 9.98 Å². The minimum atomic E-state index is 0.478. The van der Waals surface area contributed by atoms with Gasteiger partial charge < -0.3 is 0 Å². The van der Waals surface area contributed by atoms with Crippen LogP contribution in [0.4, 0.5) is 0 Å². The van der Waals surface area contributed by atoms with Crippen LogP contribution in [0.15, 0.2) is 33.9 Å². The van der Waals surface area contributed by atoms with Gasteiger partial charge in [-0.2, -0.15) is 0 Å². The molecule has 0 aromatic heterocycles. The summed E-state index contributed by atoms with van der Waals surface area (Å²) in [5.74, 6) is 1.19. The molecule has 0 aliphatic carbocycles. The Bertz CT molecular complexity index is 364. The summed E-state index contributed by atoms with van der Waals surface area (Å²) in [4.78, 5) is 9.01. The molecule has 0 amide bonds. The zero-order valence-corrected chi connectivity index (χ0v) is 10.0. The molecular formula is C12H16N2S. The zero-order chi connectivity index (χ0) is 10.7. The molecule has 2 rings (SSSR count). The van der Waals surface area contributed by atoms with Gasteiger partial charge in [0.05, 0.1) is 5.04 Å². The van der Waals surface area contributed by atoms with E-state index in [1.54, 1.807) is 0 Å². The van der Waals surface area contributed by atoms with Gasteiger partial charge in [-0.3, -0.25) is 9.98 Å². The van der Waals surface area contributed by atoms with E-state index in [-0.39, 0.29) is 0 Å². The van der Waals surface area contributed by atoms with Crippen LogP contribution >= 0.6 is 11.8 Å². The van der Waals surface area contributed by atoms with E-state index in [0.29, 0.717) is 6.04 Å². The number of nitrogens with zero attached hydrogens (tertiary/aromatic N) is 2. The highest BCUT2D eigenvalue weighted by atomic mass is 32.2. The molecule has 80 valence electrons. The predicted molar refractivity (Wildman–Crippen MR) is 68.9 cm³/mol. The normalized spacial score (nSPS) is 26.5. The summed E-state index contributed by atoms with van der Waals surface area (Å²) in [6.07, 6.45) is 8.15. The minimum Gasteiger partial charge on any atom is -0.275 e. The van der Waals surface area contributed by atoms with Gasteiger partial charge in [-0.15, -0.1) is 11.8 Å². The van der Waals surface area contributed by atoms with Crippen molar-refractivity contribution in [3.63, 3.8) is 0 Å². The minimum absolute atomic E-state index is 0.478. The summed E-state index contributed by atoms with van der Waals surface area (Å²) < 4.78 is 0. The molecular weight excluding hydrogens is 204 g/mol. The highest BCUT2D eigenvalue weighted by Gasteiger charge is 2.15. The van der Waals surface area contributed by atoms with Crippen molar-refractivity contribution < 1.29 is 0 Å². The zero-order valence-electron chi connectivity index (χ0n) is 9.23. The van der Waals surface area contributed by atoms with E-state index in [4.69, 9.17) is 4.99 Å². The van der Waals surface area contributed by atoms with E-state index in [2.05, 4.69) is 24.9 Å². The number of rotatable bonds is 1. The first-order valence-corrected chi connectivity index (χ1v) is 6.34. The van der Waals surface area contributed by atoms with Crippen LogP contribution in [0.2, 0.25) is 0 Å². The molecule has 0 saturated carbocycles. The molecule has 0 bridgehead atoms. The molecule has 0 N–H and O–H groups in total. The van der Waals surface area contributed by atoms with E-state index >= 15 is 0 Å². The highest BCUT2D eigenvalue weighted by molar-refractivity contribution is 8.14. The SMILES string of the molecule is CC1=NC=CC=C(C2=NC(C)CCS2)C1. The number of thioether (sulfide) groups is 1. The standard InChI is InChI=1S/C12H16N2S/c1-9-5-7-15-12(14-9)11-4-3-6-13-10(2)8-11/h3-4,6,9H,5,7-8H2,1-2H3. The Morgan fingerprint density at radius 1 is 1.47 bits per heavy atom. The molecule has 1 unspecified atom stereocenters. The van der Waals surface area contributed by atoms with E-state index in [1.807, 2.05) is 24.0 Å². The first-order valence-electron chi connectivity index (χ1n) is 5.35. The maximum Gasteiger partial charge on any atom is 0.0943 e. The number of hydrogen-bond donors (Lipinski definition) is 0. The lowest BCUT2D eigenvalue weighted by Crippen LogP contribution is -2.14. The Morgan fingerprint density at radius 2 is 2.33 bits per heavy atom. The highest BCUT2D eigenvalue weighted by Crippen LogP contribution is 2.25. The molecule has 1 atom stereocenters. The van der Waals surface area contributed by atoms with Crippen LogP contribution in [0.25, 0.3) is 0 Å². The summed E-state index contributed by atoms with van der Waals surface area (Å²) in [5, 5.41) is 1.22. The smallest absolute Gasteiger partial charge is 0.0943 e. The summed E-state index contributed by atoms with van der Waals surface area (Å²) >= 11 is 1.88. The van der Waals surface area contributed by atoms with Gasteiger partial charge >= 0.3 is 0 Å². The Labute approximate surface area is 95.3 Å². The predicted octanol–water partition coefficient (Wildman–Crippen LogP) is 3.22. The topological polar surface area (TPSA) is 24.7 Å². The van der Waals surface area contributed by atoms with Crippen molar-refractivity contribution in [3.05, 3.63) is 23.9 Å². The first kappa shape index (κ1) is 10.7. The van der Waals surface area contributed by atoms with Crippen LogP contribution in [0.1, 0.15) is 26.7 Å². The summed E-state index contributed by atoms with van der Waals surface area (Å²) in [7, 11) is 0. The summed E-state index contributed by atoms with van der Waals surface area (Å²) in [6, 6.07) is 0.478. The fraction of sp³-hybridized carbons (Fsp3) is 0.500. The van der Waals surface area contributed by atoms with E-state index in [1.165, 1.54) is 22.8 Å². The van der Waals surface area contributed by atoms with Crippen molar-refractivity contribution in [3.8, 4) is 0 Å². The van der Waals surface area contributed by atoms with Gasteiger partial charge in [0.1, 0.15) is 0 Å². The Balaban J connectivity index is 2.20. The maximum absolute atomic E-state index is 4.70. The van der Waals surface area contributed by atoms with Crippen LogP contribution in [0.5, 0.6) is 0 Å². The average Bonchev–Trinajstić information content (AvgIpc) is 2.43. The van der Waals surface area contributed by atoms with Gasteiger partial charge in [-0.1, -0.05) is 6.08 Å². The van der Waals surface area contributed by atoms with Gasteiger partial charge in [0, 0.05) is 30.1 Å². The first-order chi connectivity index (χ1) is 7.25. The third kappa shape index (κ3) is 2.81. The molecule has 0 aromatic carbocycles.